The van der Waals surface area contributed by atoms with Gasteiger partial charge < -0.3 is 10.6 Å². The minimum Gasteiger partial charge on any atom is -0.368 e. The second-order valence-corrected chi connectivity index (χ2v) is 5.77. The third kappa shape index (κ3) is 3.02. The summed E-state index contributed by atoms with van der Waals surface area (Å²) in [7, 11) is 0. The first-order chi connectivity index (χ1) is 8.49. The van der Waals surface area contributed by atoms with Crippen LogP contribution in [-0.2, 0) is 0 Å². The van der Waals surface area contributed by atoms with Crippen LogP contribution in [0.25, 0.3) is 0 Å². The third-order valence-corrected chi connectivity index (χ3v) is 3.34. The summed E-state index contributed by atoms with van der Waals surface area (Å²) >= 11 is 0. The topological polar surface area (TPSA) is 29.3 Å². The van der Waals surface area contributed by atoms with Gasteiger partial charge in [-0.15, -0.1) is 0 Å². The summed E-state index contributed by atoms with van der Waals surface area (Å²) < 4.78 is 13.4. The maximum absolute atomic E-state index is 13.4. The van der Waals surface area contributed by atoms with E-state index in [9.17, 15) is 4.39 Å². The van der Waals surface area contributed by atoms with E-state index in [0.29, 0.717) is 12.0 Å². The van der Waals surface area contributed by atoms with E-state index in [-0.39, 0.29) is 11.9 Å². The van der Waals surface area contributed by atoms with Crippen LogP contribution in [0.2, 0.25) is 0 Å². The van der Waals surface area contributed by atoms with E-state index in [1.54, 1.807) is 6.07 Å². The first kappa shape index (κ1) is 13.3. The molecule has 0 bridgehead atoms. The highest BCUT2D eigenvalue weighted by Crippen LogP contribution is 2.36. The van der Waals surface area contributed by atoms with Crippen LogP contribution in [0.15, 0.2) is 18.2 Å². The van der Waals surface area contributed by atoms with Crippen molar-refractivity contribution >= 4 is 5.69 Å². The summed E-state index contributed by atoms with van der Waals surface area (Å²) in [4.78, 5) is 2.41. The molecule has 2 rings (SSSR count). The Bertz CT molecular complexity index is 411. The molecular formula is C15H23FN2. The Kier molecular flexibility index (Phi) is 3.91. The second kappa shape index (κ2) is 5.27. The number of hydrogen-bond acceptors (Lipinski definition) is 2. The zero-order valence-electron chi connectivity index (χ0n) is 11.5. The number of nitrogens with zero attached hydrogens (tertiary/aromatic N) is 1. The number of nitrogens with two attached hydrogens (primary N) is 1. The van der Waals surface area contributed by atoms with E-state index in [1.165, 1.54) is 18.9 Å². The summed E-state index contributed by atoms with van der Waals surface area (Å²) in [5.41, 5.74) is 8.01. The average Bonchev–Trinajstić information content (AvgIpc) is 3.09. The Morgan fingerprint density at radius 1 is 1.33 bits per heavy atom. The first-order valence-corrected chi connectivity index (χ1v) is 6.80. The van der Waals surface area contributed by atoms with Gasteiger partial charge in [-0.1, -0.05) is 13.8 Å². The summed E-state index contributed by atoms with van der Waals surface area (Å²) in [5, 5.41) is 0. The van der Waals surface area contributed by atoms with Crippen molar-refractivity contribution in [2.75, 3.05) is 11.4 Å². The molecule has 2 N–H and O–H groups in total. The van der Waals surface area contributed by atoms with Crippen molar-refractivity contribution < 1.29 is 4.39 Å². The number of halogens is 1. The Hall–Kier alpha value is -1.09. The van der Waals surface area contributed by atoms with Crippen LogP contribution in [0.3, 0.4) is 0 Å². The zero-order chi connectivity index (χ0) is 13.3. The predicted octanol–water partition coefficient (Wildman–Crippen LogP) is 3.47. The summed E-state index contributed by atoms with van der Waals surface area (Å²) in [6.07, 6.45) is 2.48. The molecule has 2 nitrogen and oxygen atoms in total. The molecule has 0 radical (unpaired) electrons. The van der Waals surface area contributed by atoms with Gasteiger partial charge in [0, 0.05) is 24.3 Å². The van der Waals surface area contributed by atoms with Crippen LogP contribution < -0.4 is 10.6 Å². The van der Waals surface area contributed by atoms with Gasteiger partial charge in [-0.05, 0) is 49.4 Å². The molecule has 3 heteroatoms. The number of rotatable bonds is 5. The maximum atomic E-state index is 13.4. The lowest BCUT2D eigenvalue weighted by Crippen LogP contribution is -2.31. The SMILES string of the molecule is CC(C)CN(c1ccc(F)cc1[C@H](C)N)C1CC1. The average molecular weight is 250 g/mol. The fraction of sp³-hybridized carbons (Fsp3) is 0.600. The molecule has 0 amide bonds. The molecule has 100 valence electrons. The highest BCUT2D eigenvalue weighted by molar-refractivity contribution is 5.56. The Labute approximate surface area is 109 Å². The predicted molar refractivity (Wildman–Crippen MR) is 74.2 cm³/mol. The molecule has 1 atom stereocenters. The molecule has 1 aromatic rings. The van der Waals surface area contributed by atoms with Crippen LogP contribution in [0.4, 0.5) is 10.1 Å². The first-order valence-electron chi connectivity index (χ1n) is 6.80. The molecule has 0 heterocycles. The van der Waals surface area contributed by atoms with Crippen LogP contribution in [-0.4, -0.2) is 12.6 Å². The van der Waals surface area contributed by atoms with E-state index in [4.69, 9.17) is 5.73 Å². The summed E-state index contributed by atoms with van der Waals surface area (Å²) in [6, 6.07) is 5.49. The normalized spacial score (nSPS) is 17.0. The highest BCUT2D eigenvalue weighted by Gasteiger charge is 2.31. The third-order valence-electron chi connectivity index (χ3n) is 3.34. The molecule has 0 spiro atoms. The van der Waals surface area contributed by atoms with Gasteiger partial charge in [-0.3, -0.25) is 0 Å². The van der Waals surface area contributed by atoms with Crippen LogP contribution >= 0.6 is 0 Å². The molecular weight excluding hydrogens is 227 g/mol. The Morgan fingerprint density at radius 2 is 2.00 bits per heavy atom. The van der Waals surface area contributed by atoms with Crippen LogP contribution in [0, 0.1) is 11.7 Å². The minimum absolute atomic E-state index is 0.135. The second-order valence-electron chi connectivity index (χ2n) is 5.77. The molecule has 1 aliphatic rings. The van der Waals surface area contributed by atoms with Gasteiger partial charge in [0.2, 0.25) is 0 Å². The minimum atomic E-state index is -0.202. The van der Waals surface area contributed by atoms with Gasteiger partial charge >= 0.3 is 0 Å². The molecule has 18 heavy (non-hydrogen) atoms. The van der Waals surface area contributed by atoms with Gasteiger partial charge in [0.25, 0.3) is 0 Å². The lowest BCUT2D eigenvalue weighted by atomic mass is 10.0. The van der Waals surface area contributed by atoms with Crippen molar-refractivity contribution in [3.05, 3.63) is 29.6 Å². The van der Waals surface area contributed by atoms with Gasteiger partial charge in [-0.25, -0.2) is 4.39 Å². The van der Waals surface area contributed by atoms with E-state index < -0.39 is 0 Å². The van der Waals surface area contributed by atoms with E-state index in [1.807, 2.05) is 13.0 Å². The van der Waals surface area contributed by atoms with Gasteiger partial charge in [0.1, 0.15) is 5.82 Å². The lowest BCUT2D eigenvalue weighted by Gasteiger charge is -2.30. The molecule has 1 fully saturated rings. The van der Waals surface area contributed by atoms with Crippen molar-refractivity contribution in [3.63, 3.8) is 0 Å². The monoisotopic (exact) mass is 250 g/mol. The van der Waals surface area contributed by atoms with Crippen molar-refractivity contribution in [2.45, 2.75) is 45.7 Å². The summed E-state index contributed by atoms with van der Waals surface area (Å²) in [6.45, 7) is 7.35. The summed E-state index contributed by atoms with van der Waals surface area (Å²) in [5.74, 6) is 0.392. The molecule has 0 aromatic heterocycles. The molecule has 1 aromatic carbocycles. The van der Waals surface area contributed by atoms with Crippen molar-refractivity contribution in [1.29, 1.82) is 0 Å². The highest BCUT2D eigenvalue weighted by atomic mass is 19.1. The van der Waals surface area contributed by atoms with E-state index >= 15 is 0 Å². The zero-order valence-corrected chi connectivity index (χ0v) is 11.5. The van der Waals surface area contributed by atoms with E-state index in [0.717, 1.165) is 17.8 Å². The van der Waals surface area contributed by atoms with Gasteiger partial charge in [0.15, 0.2) is 0 Å². The number of hydrogen-bond donors (Lipinski definition) is 1. The van der Waals surface area contributed by atoms with Crippen molar-refractivity contribution in [2.24, 2.45) is 11.7 Å². The molecule has 1 aliphatic carbocycles. The standard InChI is InChI=1S/C15H23FN2/c1-10(2)9-18(13-5-6-13)15-7-4-12(16)8-14(15)11(3)17/h4,7-8,10-11,13H,5-6,9,17H2,1-3H3/t11-/m0/s1. The lowest BCUT2D eigenvalue weighted by molar-refractivity contribution is 0.598. The van der Waals surface area contributed by atoms with Crippen LogP contribution in [0.1, 0.15) is 45.2 Å². The Balaban J connectivity index is 2.34. The number of benzene rings is 1. The smallest absolute Gasteiger partial charge is 0.123 e. The van der Waals surface area contributed by atoms with Gasteiger partial charge in [0.05, 0.1) is 0 Å². The molecule has 0 unspecified atom stereocenters. The quantitative estimate of drug-likeness (QED) is 0.867. The molecule has 1 saturated carbocycles. The van der Waals surface area contributed by atoms with Gasteiger partial charge in [-0.2, -0.15) is 0 Å². The van der Waals surface area contributed by atoms with Crippen molar-refractivity contribution in [3.8, 4) is 0 Å². The largest absolute Gasteiger partial charge is 0.368 e. The maximum Gasteiger partial charge on any atom is 0.123 e. The fourth-order valence-electron chi connectivity index (χ4n) is 2.38. The number of anilines is 1. The van der Waals surface area contributed by atoms with E-state index in [2.05, 4.69) is 18.7 Å². The Morgan fingerprint density at radius 3 is 2.50 bits per heavy atom. The fourth-order valence-corrected chi connectivity index (χ4v) is 2.38. The molecule has 0 aliphatic heterocycles. The van der Waals surface area contributed by atoms with Crippen LogP contribution in [0.5, 0.6) is 0 Å². The van der Waals surface area contributed by atoms with Crippen molar-refractivity contribution in [1.82, 2.24) is 0 Å². The molecule has 0 saturated heterocycles.